The number of benzene rings is 2. The fourth-order valence-corrected chi connectivity index (χ4v) is 3.60. The summed E-state index contributed by atoms with van der Waals surface area (Å²) < 4.78 is 27.9. The Labute approximate surface area is 155 Å². The van der Waals surface area contributed by atoms with Crippen LogP contribution in [0.2, 0.25) is 0 Å². The Kier molecular flexibility index (Phi) is 4.78. The van der Waals surface area contributed by atoms with Crippen LogP contribution in [0.15, 0.2) is 59.6 Å². The Morgan fingerprint density at radius 1 is 1.04 bits per heavy atom. The van der Waals surface area contributed by atoms with Gasteiger partial charge in [0.1, 0.15) is 0 Å². The zero-order chi connectivity index (χ0) is 19.6. The van der Waals surface area contributed by atoms with Gasteiger partial charge in [0.05, 0.1) is 16.1 Å². The van der Waals surface area contributed by atoms with E-state index in [-0.39, 0.29) is 22.1 Å². The van der Waals surface area contributed by atoms with E-state index in [2.05, 4.69) is 15.0 Å². The van der Waals surface area contributed by atoms with Gasteiger partial charge in [-0.25, -0.2) is 8.42 Å². The Hall–Kier alpha value is -3.46. The number of carbonyl (C=O) groups excluding carboxylic acids is 2. The molecular formula is C18H16N4O4S. The van der Waals surface area contributed by atoms with Crippen molar-refractivity contribution in [3.63, 3.8) is 0 Å². The Morgan fingerprint density at radius 2 is 1.74 bits per heavy atom. The molecule has 1 heterocycles. The molecule has 0 saturated carbocycles. The van der Waals surface area contributed by atoms with Crippen molar-refractivity contribution in [2.45, 2.75) is 4.90 Å². The van der Waals surface area contributed by atoms with Gasteiger partial charge in [-0.05, 0) is 42.5 Å². The minimum atomic E-state index is -3.97. The predicted octanol–water partition coefficient (Wildman–Crippen LogP) is 1.49. The van der Waals surface area contributed by atoms with Crippen LogP contribution in [0.25, 0.3) is 10.9 Å². The summed E-state index contributed by atoms with van der Waals surface area (Å²) in [7, 11) is -2.49. The lowest BCUT2D eigenvalue weighted by molar-refractivity contribution is 0.0961. The van der Waals surface area contributed by atoms with Crippen LogP contribution < -0.4 is 15.8 Å². The summed E-state index contributed by atoms with van der Waals surface area (Å²) >= 11 is 0. The zero-order valence-electron chi connectivity index (χ0n) is 14.3. The van der Waals surface area contributed by atoms with Crippen LogP contribution in [0.1, 0.15) is 20.7 Å². The molecule has 0 unspecified atom stereocenters. The maximum absolute atomic E-state index is 12.7. The molecule has 0 aliphatic carbocycles. The van der Waals surface area contributed by atoms with Gasteiger partial charge in [-0.1, -0.05) is 6.07 Å². The van der Waals surface area contributed by atoms with Crippen molar-refractivity contribution in [2.24, 2.45) is 5.73 Å². The van der Waals surface area contributed by atoms with E-state index >= 15 is 0 Å². The lowest BCUT2D eigenvalue weighted by Gasteiger charge is -2.12. The zero-order valence-corrected chi connectivity index (χ0v) is 15.1. The third kappa shape index (κ3) is 3.72. The number of primary amides is 1. The summed E-state index contributed by atoms with van der Waals surface area (Å²) in [6.07, 6.45) is 1.52. The number of amides is 2. The van der Waals surface area contributed by atoms with Crippen LogP contribution in [-0.4, -0.2) is 32.3 Å². The van der Waals surface area contributed by atoms with Gasteiger partial charge in [0, 0.05) is 29.8 Å². The number of fused-ring (bicyclic) bond motifs is 1. The van der Waals surface area contributed by atoms with E-state index < -0.39 is 15.9 Å². The number of anilines is 1. The van der Waals surface area contributed by atoms with Crippen molar-refractivity contribution >= 4 is 38.4 Å². The van der Waals surface area contributed by atoms with Gasteiger partial charge >= 0.3 is 0 Å². The monoisotopic (exact) mass is 384 g/mol. The van der Waals surface area contributed by atoms with E-state index in [0.717, 1.165) is 0 Å². The molecule has 3 aromatic rings. The fourth-order valence-electron chi connectivity index (χ4n) is 2.55. The summed E-state index contributed by atoms with van der Waals surface area (Å²) in [5.41, 5.74) is 6.34. The molecule has 0 fully saturated rings. The highest BCUT2D eigenvalue weighted by Gasteiger charge is 2.18. The van der Waals surface area contributed by atoms with Crippen LogP contribution >= 0.6 is 0 Å². The van der Waals surface area contributed by atoms with Crippen LogP contribution in [0.5, 0.6) is 0 Å². The molecule has 3 rings (SSSR count). The number of hydrogen-bond acceptors (Lipinski definition) is 5. The second-order valence-corrected chi connectivity index (χ2v) is 7.35. The first-order valence-corrected chi connectivity index (χ1v) is 9.33. The van der Waals surface area contributed by atoms with Gasteiger partial charge in [0.15, 0.2) is 0 Å². The van der Waals surface area contributed by atoms with E-state index in [1.807, 2.05) is 0 Å². The largest absolute Gasteiger partial charge is 0.366 e. The number of rotatable bonds is 5. The number of nitrogens with zero attached hydrogens (tertiary/aromatic N) is 1. The van der Waals surface area contributed by atoms with E-state index in [0.29, 0.717) is 16.5 Å². The Bertz CT molecular complexity index is 1140. The van der Waals surface area contributed by atoms with Gasteiger partial charge < -0.3 is 11.1 Å². The Balaban J connectivity index is 2.03. The summed E-state index contributed by atoms with van der Waals surface area (Å²) in [4.78, 5) is 27.3. The quantitative estimate of drug-likeness (QED) is 0.613. The van der Waals surface area contributed by atoms with E-state index in [9.17, 15) is 18.0 Å². The lowest BCUT2D eigenvalue weighted by atomic mass is 10.1. The second kappa shape index (κ2) is 7.04. The van der Waals surface area contributed by atoms with E-state index in [4.69, 9.17) is 5.73 Å². The third-order valence-electron chi connectivity index (χ3n) is 3.89. The highest BCUT2D eigenvalue weighted by Crippen LogP contribution is 2.26. The Morgan fingerprint density at radius 3 is 2.37 bits per heavy atom. The maximum atomic E-state index is 12.7. The minimum absolute atomic E-state index is 0.0382. The van der Waals surface area contributed by atoms with Gasteiger partial charge in [-0.15, -0.1) is 0 Å². The van der Waals surface area contributed by atoms with Crippen molar-refractivity contribution in [1.82, 2.24) is 10.3 Å². The van der Waals surface area contributed by atoms with Crippen LogP contribution in [-0.2, 0) is 10.0 Å². The molecule has 1 aromatic heterocycles. The normalized spacial score (nSPS) is 11.1. The molecule has 2 amide bonds. The van der Waals surface area contributed by atoms with E-state index in [1.54, 1.807) is 18.2 Å². The molecule has 0 bridgehead atoms. The minimum Gasteiger partial charge on any atom is -0.366 e. The summed E-state index contributed by atoms with van der Waals surface area (Å²) in [5, 5.41) is 3.03. The average Bonchev–Trinajstić information content (AvgIpc) is 2.67. The second-order valence-electron chi connectivity index (χ2n) is 5.67. The maximum Gasteiger partial charge on any atom is 0.261 e. The predicted molar refractivity (Wildman–Crippen MR) is 101 cm³/mol. The number of aromatic nitrogens is 1. The first kappa shape index (κ1) is 18.3. The first-order valence-electron chi connectivity index (χ1n) is 7.85. The molecular weight excluding hydrogens is 368 g/mol. The smallest absolute Gasteiger partial charge is 0.261 e. The molecule has 9 heteroatoms. The van der Waals surface area contributed by atoms with Crippen LogP contribution in [0, 0.1) is 0 Å². The molecule has 0 spiro atoms. The van der Waals surface area contributed by atoms with Crippen LogP contribution in [0.3, 0.4) is 0 Å². The number of carbonyl (C=O) groups is 2. The summed E-state index contributed by atoms with van der Waals surface area (Å²) in [6.45, 7) is 0. The molecule has 0 radical (unpaired) electrons. The molecule has 0 aliphatic rings. The summed E-state index contributed by atoms with van der Waals surface area (Å²) in [6, 6.07) is 11.7. The molecule has 27 heavy (non-hydrogen) atoms. The highest BCUT2D eigenvalue weighted by molar-refractivity contribution is 7.92. The standard InChI is InChI=1S/C18H16N4O4S/c1-20-18(24)11-4-6-14(7-5-11)27(25,26)22-15-10-13(17(19)23)9-12-3-2-8-21-16(12)15/h2-10,22H,1H3,(H2,19,23)(H,20,24). The van der Waals surface area contributed by atoms with Crippen molar-refractivity contribution in [2.75, 3.05) is 11.8 Å². The molecule has 0 aliphatic heterocycles. The highest BCUT2D eigenvalue weighted by atomic mass is 32.2. The molecule has 0 atom stereocenters. The first-order chi connectivity index (χ1) is 12.8. The molecule has 4 N–H and O–H groups in total. The number of nitrogens with two attached hydrogens (primary N) is 1. The lowest BCUT2D eigenvalue weighted by Crippen LogP contribution is -2.18. The van der Waals surface area contributed by atoms with Crippen LogP contribution in [0.4, 0.5) is 5.69 Å². The molecule has 0 saturated heterocycles. The fraction of sp³-hybridized carbons (Fsp3) is 0.0556. The number of nitrogens with one attached hydrogen (secondary N) is 2. The van der Waals surface area contributed by atoms with Crippen molar-refractivity contribution < 1.29 is 18.0 Å². The molecule has 2 aromatic carbocycles. The SMILES string of the molecule is CNC(=O)c1ccc(S(=O)(=O)Nc2cc(C(N)=O)cc3cccnc23)cc1. The van der Waals surface area contributed by atoms with Crippen molar-refractivity contribution in [1.29, 1.82) is 0 Å². The number of sulfonamides is 1. The van der Waals surface area contributed by atoms with Crippen molar-refractivity contribution in [3.05, 3.63) is 65.9 Å². The van der Waals surface area contributed by atoms with E-state index in [1.165, 1.54) is 43.6 Å². The van der Waals surface area contributed by atoms with Gasteiger partial charge in [-0.2, -0.15) is 0 Å². The molecule has 8 nitrogen and oxygen atoms in total. The van der Waals surface area contributed by atoms with Gasteiger partial charge in [-0.3, -0.25) is 19.3 Å². The average molecular weight is 384 g/mol. The topological polar surface area (TPSA) is 131 Å². The van der Waals surface area contributed by atoms with Gasteiger partial charge in [0.25, 0.3) is 15.9 Å². The summed E-state index contributed by atoms with van der Waals surface area (Å²) in [5.74, 6) is -1.01. The number of pyridine rings is 1. The number of hydrogen-bond donors (Lipinski definition) is 3. The van der Waals surface area contributed by atoms with Gasteiger partial charge in [0.2, 0.25) is 5.91 Å². The molecule has 138 valence electrons. The third-order valence-corrected chi connectivity index (χ3v) is 5.27. The van der Waals surface area contributed by atoms with Crippen molar-refractivity contribution in [3.8, 4) is 0 Å².